The first-order chi connectivity index (χ1) is 14.9. The Kier molecular flexibility index (Phi) is 6.62. The van der Waals surface area contributed by atoms with E-state index in [2.05, 4.69) is 5.32 Å². The minimum Gasteiger partial charge on any atom is -0.478 e. The van der Waals surface area contributed by atoms with E-state index in [0.29, 0.717) is 24.5 Å². The van der Waals surface area contributed by atoms with Gasteiger partial charge in [-0.15, -0.1) is 0 Å². The van der Waals surface area contributed by atoms with Crippen LogP contribution in [0.15, 0.2) is 48.5 Å². The maximum Gasteiger partial charge on any atom is 0.335 e. The maximum absolute atomic E-state index is 13.0. The quantitative estimate of drug-likeness (QED) is 0.637. The number of hydrogen-bond donors (Lipinski definition) is 3. The van der Waals surface area contributed by atoms with Gasteiger partial charge in [0.05, 0.1) is 11.2 Å². The van der Waals surface area contributed by atoms with Crippen molar-refractivity contribution in [2.45, 2.75) is 38.8 Å². The summed E-state index contributed by atoms with van der Waals surface area (Å²) in [6, 6.07) is 11.9. The van der Waals surface area contributed by atoms with Crippen LogP contribution in [0.25, 0.3) is 0 Å². The molecule has 1 saturated heterocycles. The summed E-state index contributed by atoms with van der Waals surface area (Å²) in [6.07, 6.45) is 0.342. The summed E-state index contributed by atoms with van der Waals surface area (Å²) in [6.45, 7) is 6.04. The molecule has 3 N–H and O–H groups in total. The number of carboxylic acid groups (broad SMARTS) is 1. The highest BCUT2D eigenvalue weighted by Crippen LogP contribution is 2.46. The van der Waals surface area contributed by atoms with Gasteiger partial charge in [0.15, 0.2) is 0 Å². The van der Waals surface area contributed by atoms with Gasteiger partial charge in [0.2, 0.25) is 5.91 Å². The Labute approximate surface area is 192 Å². The third-order valence-electron chi connectivity index (χ3n) is 6.17. The molecule has 2 aromatic rings. The zero-order valence-corrected chi connectivity index (χ0v) is 19.0. The van der Waals surface area contributed by atoms with Crippen molar-refractivity contribution < 1.29 is 24.6 Å². The summed E-state index contributed by atoms with van der Waals surface area (Å²) in [5.41, 5.74) is -0.859. The number of aliphatic hydroxyl groups is 1. The summed E-state index contributed by atoms with van der Waals surface area (Å²) in [7, 11) is 0. The monoisotopic (exact) mass is 458 g/mol. The van der Waals surface area contributed by atoms with Crippen LogP contribution in [0.3, 0.4) is 0 Å². The van der Waals surface area contributed by atoms with Gasteiger partial charge < -0.3 is 20.4 Å². The third-order valence-corrected chi connectivity index (χ3v) is 6.42. The van der Waals surface area contributed by atoms with Gasteiger partial charge in [0.25, 0.3) is 5.91 Å². The number of nitrogens with one attached hydrogen (secondary N) is 1. The van der Waals surface area contributed by atoms with Crippen LogP contribution in [0.5, 0.6) is 0 Å². The summed E-state index contributed by atoms with van der Waals surface area (Å²) in [5, 5.41) is 23.8. The van der Waals surface area contributed by atoms with Crippen molar-refractivity contribution in [2.75, 3.05) is 13.1 Å². The van der Waals surface area contributed by atoms with Crippen molar-refractivity contribution in [3.8, 4) is 0 Å². The fraction of sp³-hybridized carbons (Fsp3) is 0.375. The molecule has 2 unspecified atom stereocenters. The number of carbonyl (C=O) groups is 3. The first-order valence-corrected chi connectivity index (χ1v) is 10.7. The predicted octanol–water partition coefficient (Wildman–Crippen LogP) is 3.30. The molecule has 0 radical (unpaired) electrons. The molecule has 170 valence electrons. The number of carboxylic acids is 1. The fourth-order valence-corrected chi connectivity index (χ4v) is 4.31. The van der Waals surface area contributed by atoms with Crippen LogP contribution in [-0.2, 0) is 10.4 Å². The minimum atomic E-state index is -1.13. The average Bonchev–Trinajstić information content (AvgIpc) is 2.75. The number of likely N-dealkylation sites (tertiary alicyclic amines) is 1. The van der Waals surface area contributed by atoms with E-state index in [1.807, 2.05) is 13.8 Å². The molecule has 7 nitrogen and oxygen atoms in total. The van der Waals surface area contributed by atoms with Crippen LogP contribution in [0, 0.1) is 5.41 Å². The molecule has 0 aromatic heterocycles. The molecule has 1 aliphatic rings. The first kappa shape index (κ1) is 23.8. The largest absolute Gasteiger partial charge is 0.478 e. The Morgan fingerprint density at radius 2 is 1.72 bits per heavy atom. The van der Waals surface area contributed by atoms with Crippen LogP contribution in [0.4, 0.5) is 0 Å². The van der Waals surface area contributed by atoms with Gasteiger partial charge in [-0.05, 0) is 49.2 Å². The number of hydrogen-bond acceptors (Lipinski definition) is 4. The van der Waals surface area contributed by atoms with Crippen molar-refractivity contribution in [1.29, 1.82) is 0 Å². The Bertz CT molecular complexity index is 1040. The van der Waals surface area contributed by atoms with Gasteiger partial charge in [-0.2, -0.15) is 0 Å². The number of aromatic carboxylic acids is 1. The molecule has 1 heterocycles. The summed E-state index contributed by atoms with van der Waals surface area (Å²) in [5.74, 6) is -1.92. The summed E-state index contributed by atoms with van der Waals surface area (Å²) in [4.78, 5) is 38.3. The number of carbonyl (C=O) groups excluding carboxylic acids is 2. The van der Waals surface area contributed by atoms with Crippen molar-refractivity contribution in [1.82, 2.24) is 10.2 Å². The van der Waals surface area contributed by atoms with Crippen molar-refractivity contribution in [2.24, 2.45) is 5.41 Å². The second kappa shape index (κ2) is 8.92. The fourth-order valence-electron chi connectivity index (χ4n) is 4.18. The van der Waals surface area contributed by atoms with E-state index in [0.717, 1.165) is 5.56 Å². The first-order valence-electron chi connectivity index (χ1n) is 10.4. The number of halogens is 1. The molecule has 8 heteroatoms. The van der Waals surface area contributed by atoms with Gasteiger partial charge in [-0.1, -0.05) is 43.6 Å². The van der Waals surface area contributed by atoms with Gasteiger partial charge >= 0.3 is 5.97 Å². The molecule has 0 aliphatic carbocycles. The topological polar surface area (TPSA) is 107 Å². The smallest absolute Gasteiger partial charge is 0.335 e. The van der Waals surface area contributed by atoms with Crippen LogP contribution in [-0.4, -0.2) is 52.0 Å². The van der Waals surface area contributed by atoms with E-state index >= 15 is 0 Å². The Morgan fingerprint density at radius 3 is 2.31 bits per heavy atom. The number of rotatable bonds is 5. The average molecular weight is 459 g/mol. The standard InChI is InChI=1S/C24H27ClN2O5/c1-15(26-20(28)16-5-4-6-17(13-16)22(30)31)21(29)27-12-11-24(32,23(2,3)14-27)18-7-9-19(25)10-8-18/h4-10,13,15,32H,11-12,14H2,1-3H3,(H,26,28)(H,30,31). The number of piperidine rings is 1. The Morgan fingerprint density at radius 1 is 1.09 bits per heavy atom. The zero-order chi connectivity index (χ0) is 23.7. The number of benzene rings is 2. The summed E-state index contributed by atoms with van der Waals surface area (Å²) >= 11 is 5.98. The van der Waals surface area contributed by atoms with Crippen molar-refractivity contribution in [3.05, 3.63) is 70.2 Å². The van der Waals surface area contributed by atoms with Crippen molar-refractivity contribution in [3.63, 3.8) is 0 Å². The van der Waals surface area contributed by atoms with Crippen LogP contribution >= 0.6 is 11.6 Å². The molecular formula is C24H27ClN2O5. The molecule has 0 saturated carbocycles. The predicted molar refractivity (Wildman–Crippen MR) is 121 cm³/mol. The summed E-state index contributed by atoms with van der Waals surface area (Å²) < 4.78 is 0. The van der Waals surface area contributed by atoms with E-state index in [1.54, 1.807) is 36.1 Å². The molecule has 1 fully saturated rings. The van der Waals surface area contributed by atoms with Crippen molar-refractivity contribution >= 4 is 29.4 Å². The minimum absolute atomic E-state index is 0.00380. The van der Waals surface area contributed by atoms with Crippen LogP contribution < -0.4 is 5.32 Å². The molecule has 32 heavy (non-hydrogen) atoms. The van der Waals surface area contributed by atoms with E-state index in [9.17, 15) is 19.5 Å². The maximum atomic E-state index is 13.0. The number of amides is 2. The van der Waals surface area contributed by atoms with E-state index in [4.69, 9.17) is 16.7 Å². The van der Waals surface area contributed by atoms with Gasteiger partial charge in [0, 0.05) is 29.1 Å². The molecule has 2 aromatic carbocycles. The number of nitrogens with zero attached hydrogens (tertiary/aromatic N) is 1. The Balaban J connectivity index is 1.69. The zero-order valence-electron chi connectivity index (χ0n) is 18.3. The molecule has 2 atom stereocenters. The highest BCUT2D eigenvalue weighted by atomic mass is 35.5. The lowest BCUT2D eigenvalue weighted by atomic mass is 9.66. The second-order valence-corrected chi connectivity index (χ2v) is 9.28. The van der Waals surface area contributed by atoms with E-state index in [1.165, 1.54) is 24.3 Å². The van der Waals surface area contributed by atoms with Gasteiger partial charge in [-0.25, -0.2) is 4.79 Å². The second-order valence-electron chi connectivity index (χ2n) is 8.84. The highest BCUT2D eigenvalue weighted by molar-refractivity contribution is 6.30. The highest BCUT2D eigenvalue weighted by Gasteiger charge is 2.50. The molecule has 0 bridgehead atoms. The molecule has 1 aliphatic heterocycles. The Hall–Kier alpha value is -2.90. The molecule has 3 rings (SSSR count). The lowest BCUT2D eigenvalue weighted by molar-refractivity contribution is -0.154. The van der Waals surface area contributed by atoms with Crippen LogP contribution in [0.1, 0.15) is 53.5 Å². The third kappa shape index (κ3) is 4.64. The van der Waals surface area contributed by atoms with Gasteiger partial charge in [-0.3, -0.25) is 9.59 Å². The SMILES string of the molecule is CC(NC(=O)c1cccc(C(=O)O)c1)C(=O)N1CCC(O)(c2ccc(Cl)cc2)C(C)(C)C1. The molecular weight excluding hydrogens is 432 g/mol. The lowest BCUT2D eigenvalue weighted by Crippen LogP contribution is -2.59. The molecule has 2 amide bonds. The lowest BCUT2D eigenvalue weighted by Gasteiger charge is -2.51. The molecule has 0 spiro atoms. The van der Waals surface area contributed by atoms with Gasteiger partial charge in [0.1, 0.15) is 6.04 Å². The van der Waals surface area contributed by atoms with E-state index in [-0.39, 0.29) is 17.0 Å². The van der Waals surface area contributed by atoms with Crippen LogP contribution in [0.2, 0.25) is 5.02 Å². The normalized spacial score (nSPS) is 21.0. The van der Waals surface area contributed by atoms with E-state index < -0.39 is 28.9 Å².